The minimum Gasteiger partial charge on any atom is -0.507 e. The van der Waals surface area contributed by atoms with Gasteiger partial charge in [-0.3, -0.25) is 14.5 Å². The number of amides is 1. The molecule has 194 valence electrons. The molecule has 1 fully saturated rings. The maximum absolute atomic E-state index is 13.5. The summed E-state index contributed by atoms with van der Waals surface area (Å²) in [5, 5.41) is 11.8. The SMILES string of the molecule is CCCOc1ccc(C2C(=C(O)c3ccc(OCC)cc3)C(=O)C(=O)N2c2nc3ccc(C)cc3s2)cc1. The van der Waals surface area contributed by atoms with Gasteiger partial charge in [0.15, 0.2) is 5.13 Å². The van der Waals surface area contributed by atoms with Gasteiger partial charge in [-0.05, 0) is 79.9 Å². The summed E-state index contributed by atoms with van der Waals surface area (Å²) in [6.07, 6.45) is 0.876. The molecule has 1 amide bonds. The molecule has 2 heterocycles. The molecule has 7 nitrogen and oxygen atoms in total. The van der Waals surface area contributed by atoms with Crippen LogP contribution in [0, 0.1) is 6.92 Å². The number of hydrogen-bond acceptors (Lipinski definition) is 7. The lowest BCUT2D eigenvalue weighted by atomic mass is 9.95. The molecule has 1 aromatic heterocycles. The van der Waals surface area contributed by atoms with E-state index in [1.165, 1.54) is 16.2 Å². The van der Waals surface area contributed by atoms with E-state index in [9.17, 15) is 14.7 Å². The Morgan fingerprint density at radius 3 is 2.34 bits per heavy atom. The maximum Gasteiger partial charge on any atom is 0.301 e. The molecule has 8 heteroatoms. The van der Waals surface area contributed by atoms with Crippen molar-refractivity contribution in [1.29, 1.82) is 0 Å². The van der Waals surface area contributed by atoms with Crippen molar-refractivity contribution in [2.45, 2.75) is 33.2 Å². The lowest BCUT2D eigenvalue weighted by Crippen LogP contribution is -2.29. The summed E-state index contributed by atoms with van der Waals surface area (Å²) in [5.41, 5.74) is 2.91. The number of benzene rings is 3. The van der Waals surface area contributed by atoms with E-state index in [0.717, 1.165) is 22.2 Å². The van der Waals surface area contributed by atoms with Gasteiger partial charge in [-0.25, -0.2) is 4.98 Å². The second kappa shape index (κ2) is 10.7. The van der Waals surface area contributed by atoms with Gasteiger partial charge in [0.1, 0.15) is 17.3 Å². The van der Waals surface area contributed by atoms with Gasteiger partial charge in [-0.1, -0.05) is 36.5 Å². The summed E-state index contributed by atoms with van der Waals surface area (Å²) in [6.45, 7) is 7.00. The Morgan fingerprint density at radius 1 is 0.974 bits per heavy atom. The van der Waals surface area contributed by atoms with Crippen LogP contribution in [-0.4, -0.2) is 35.0 Å². The van der Waals surface area contributed by atoms with Gasteiger partial charge in [0.05, 0.1) is 35.0 Å². The highest BCUT2D eigenvalue weighted by Crippen LogP contribution is 2.44. The van der Waals surface area contributed by atoms with Crippen LogP contribution in [-0.2, 0) is 9.59 Å². The van der Waals surface area contributed by atoms with E-state index >= 15 is 0 Å². The van der Waals surface area contributed by atoms with Gasteiger partial charge in [0.25, 0.3) is 5.78 Å². The van der Waals surface area contributed by atoms with Crippen LogP contribution in [0.3, 0.4) is 0 Å². The number of carbonyl (C=O) groups is 2. The first-order valence-electron chi connectivity index (χ1n) is 12.6. The highest BCUT2D eigenvalue weighted by molar-refractivity contribution is 7.22. The molecule has 0 saturated carbocycles. The van der Waals surface area contributed by atoms with Crippen LogP contribution in [0.2, 0.25) is 0 Å². The Balaban J connectivity index is 1.64. The van der Waals surface area contributed by atoms with E-state index in [1.54, 1.807) is 24.3 Å². The number of ether oxygens (including phenoxy) is 2. The number of aliphatic hydroxyl groups excluding tert-OH is 1. The number of thiazole rings is 1. The Labute approximate surface area is 225 Å². The van der Waals surface area contributed by atoms with Gasteiger partial charge in [0.2, 0.25) is 0 Å². The molecule has 3 aromatic carbocycles. The van der Waals surface area contributed by atoms with Crippen molar-refractivity contribution in [3.63, 3.8) is 0 Å². The molecule has 5 rings (SSSR count). The first-order valence-corrected chi connectivity index (χ1v) is 13.4. The zero-order valence-electron chi connectivity index (χ0n) is 21.4. The van der Waals surface area contributed by atoms with E-state index in [-0.39, 0.29) is 11.3 Å². The van der Waals surface area contributed by atoms with Crippen molar-refractivity contribution in [2.75, 3.05) is 18.1 Å². The molecule has 1 atom stereocenters. The van der Waals surface area contributed by atoms with Crippen LogP contribution >= 0.6 is 11.3 Å². The van der Waals surface area contributed by atoms with Crippen molar-refractivity contribution >= 4 is 44.1 Å². The number of carbonyl (C=O) groups excluding carboxylic acids is 2. The Bertz CT molecular complexity index is 1520. The number of aliphatic hydroxyl groups is 1. The molecule has 1 unspecified atom stereocenters. The Kier molecular flexibility index (Phi) is 7.15. The summed E-state index contributed by atoms with van der Waals surface area (Å²) < 4.78 is 12.1. The van der Waals surface area contributed by atoms with E-state index in [4.69, 9.17) is 9.47 Å². The molecule has 1 N–H and O–H groups in total. The first-order chi connectivity index (χ1) is 18.4. The number of fused-ring (bicyclic) bond motifs is 1. The van der Waals surface area contributed by atoms with Crippen LogP contribution in [0.1, 0.15) is 43.0 Å². The third-order valence-electron chi connectivity index (χ3n) is 6.29. The minimum atomic E-state index is -0.858. The van der Waals surface area contributed by atoms with Crippen LogP contribution in [0.15, 0.2) is 72.3 Å². The number of Topliss-reactive ketones (excluding diaryl/α,β-unsaturated/α-hetero) is 1. The summed E-state index contributed by atoms with van der Waals surface area (Å²) in [7, 11) is 0. The minimum absolute atomic E-state index is 0.0109. The number of nitrogens with zero attached hydrogens (tertiary/aromatic N) is 2. The van der Waals surface area contributed by atoms with E-state index in [2.05, 4.69) is 4.98 Å². The van der Waals surface area contributed by atoms with Crippen molar-refractivity contribution in [2.24, 2.45) is 0 Å². The molecule has 0 aliphatic carbocycles. The molecule has 1 aliphatic heterocycles. The Morgan fingerprint density at radius 2 is 1.66 bits per heavy atom. The van der Waals surface area contributed by atoms with Crippen molar-refractivity contribution < 1.29 is 24.2 Å². The molecular weight excluding hydrogens is 500 g/mol. The van der Waals surface area contributed by atoms with Crippen molar-refractivity contribution in [3.8, 4) is 11.5 Å². The van der Waals surface area contributed by atoms with Crippen LogP contribution < -0.4 is 14.4 Å². The smallest absolute Gasteiger partial charge is 0.301 e. The summed E-state index contributed by atoms with van der Waals surface area (Å²) in [6, 6.07) is 19.0. The standard InChI is InChI=1S/C30H28N2O5S/c1-4-16-37-22-11-7-19(8-12-22)26-25(27(33)20-9-13-21(14-10-20)36-5-2)28(34)29(35)32(26)30-31-23-15-6-18(3)17-24(23)38-30/h6-15,17,26,33H,4-5,16H2,1-3H3. The zero-order chi connectivity index (χ0) is 26.8. The molecular formula is C30H28N2O5S. The fraction of sp³-hybridized carbons (Fsp3) is 0.233. The number of anilines is 1. The molecule has 1 saturated heterocycles. The quantitative estimate of drug-likeness (QED) is 0.161. The fourth-order valence-corrected chi connectivity index (χ4v) is 5.56. The van der Waals surface area contributed by atoms with Crippen LogP contribution in [0.5, 0.6) is 11.5 Å². The maximum atomic E-state index is 13.5. The second-order valence-electron chi connectivity index (χ2n) is 9.01. The summed E-state index contributed by atoms with van der Waals surface area (Å²) in [4.78, 5) is 33.0. The average Bonchev–Trinajstić information content (AvgIpc) is 3.45. The van der Waals surface area contributed by atoms with Crippen LogP contribution in [0.4, 0.5) is 5.13 Å². The van der Waals surface area contributed by atoms with Gasteiger partial charge < -0.3 is 14.6 Å². The molecule has 0 spiro atoms. The normalized spacial score (nSPS) is 16.8. The summed E-state index contributed by atoms with van der Waals surface area (Å²) >= 11 is 1.34. The number of hydrogen-bond donors (Lipinski definition) is 1. The van der Waals surface area contributed by atoms with Crippen molar-refractivity contribution in [1.82, 2.24) is 4.98 Å². The van der Waals surface area contributed by atoms with Gasteiger partial charge >= 0.3 is 5.91 Å². The molecule has 1 aliphatic rings. The lowest BCUT2D eigenvalue weighted by molar-refractivity contribution is -0.132. The first kappa shape index (κ1) is 25.5. The van der Waals surface area contributed by atoms with E-state index in [1.807, 2.05) is 63.2 Å². The predicted molar refractivity (Wildman–Crippen MR) is 149 cm³/mol. The van der Waals surface area contributed by atoms with Gasteiger partial charge in [0, 0.05) is 5.56 Å². The number of aromatic nitrogens is 1. The van der Waals surface area contributed by atoms with E-state index < -0.39 is 17.7 Å². The Hall–Kier alpha value is -4.17. The monoisotopic (exact) mass is 528 g/mol. The zero-order valence-corrected chi connectivity index (χ0v) is 22.2. The molecule has 0 radical (unpaired) electrons. The molecule has 0 bridgehead atoms. The van der Waals surface area contributed by atoms with Crippen molar-refractivity contribution in [3.05, 3.63) is 89.0 Å². The third kappa shape index (κ3) is 4.75. The lowest BCUT2D eigenvalue weighted by Gasteiger charge is -2.23. The number of ketones is 1. The highest BCUT2D eigenvalue weighted by atomic mass is 32.1. The summed E-state index contributed by atoms with van der Waals surface area (Å²) in [5.74, 6) is -0.405. The topological polar surface area (TPSA) is 89.0 Å². The van der Waals surface area contributed by atoms with E-state index in [0.29, 0.717) is 41.0 Å². The van der Waals surface area contributed by atoms with Crippen LogP contribution in [0.25, 0.3) is 16.0 Å². The third-order valence-corrected chi connectivity index (χ3v) is 7.31. The molecule has 4 aromatic rings. The van der Waals surface area contributed by atoms with Gasteiger partial charge in [-0.2, -0.15) is 0 Å². The number of rotatable bonds is 8. The second-order valence-corrected chi connectivity index (χ2v) is 10.0. The predicted octanol–water partition coefficient (Wildman–Crippen LogP) is 6.42. The van der Waals surface area contributed by atoms with Gasteiger partial charge in [-0.15, -0.1) is 0 Å². The average molecular weight is 529 g/mol. The largest absolute Gasteiger partial charge is 0.507 e. The molecule has 38 heavy (non-hydrogen) atoms. The number of aryl methyl sites for hydroxylation is 1. The fourth-order valence-electron chi connectivity index (χ4n) is 4.47. The highest BCUT2D eigenvalue weighted by Gasteiger charge is 2.48.